The molecule has 0 bridgehead atoms. The number of rotatable bonds is 4. The molecular formula is C11H11FO3. The molecule has 1 aromatic carbocycles. The maximum Gasteiger partial charge on any atom is 0.339 e. The van der Waals surface area contributed by atoms with Crippen molar-refractivity contribution in [1.82, 2.24) is 0 Å². The number of aromatic carboxylic acids is 1. The summed E-state index contributed by atoms with van der Waals surface area (Å²) in [6.07, 6.45) is 2.26. The first-order chi connectivity index (χ1) is 7.16. The van der Waals surface area contributed by atoms with Crippen LogP contribution >= 0.6 is 0 Å². The molecule has 2 rings (SSSR count). The first-order valence-corrected chi connectivity index (χ1v) is 4.82. The molecule has 1 aliphatic carbocycles. The van der Waals surface area contributed by atoms with E-state index >= 15 is 0 Å². The number of carbonyl (C=O) groups is 1. The number of halogens is 1. The highest BCUT2D eigenvalue weighted by Crippen LogP contribution is 2.30. The van der Waals surface area contributed by atoms with Crippen LogP contribution in [-0.2, 0) is 0 Å². The largest absolute Gasteiger partial charge is 0.492 e. The van der Waals surface area contributed by atoms with Crippen molar-refractivity contribution in [3.63, 3.8) is 0 Å². The Bertz CT molecular complexity index is 385. The maximum atomic E-state index is 12.8. The molecule has 3 nitrogen and oxygen atoms in total. The lowest BCUT2D eigenvalue weighted by molar-refractivity contribution is 0.0691. The van der Waals surface area contributed by atoms with Crippen LogP contribution in [0, 0.1) is 11.7 Å². The monoisotopic (exact) mass is 210 g/mol. The van der Waals surface area contributed by atoms with Gasteiger partial charge in [0.2, 0.25) is 0 Å². The van der Waals surface area contributed by atoms with E-state index in [0.29, 0.717) is 12.5 Å². The van der Waals surface area contributed by atoms with E-state index in [4.69, 9.17) is 9.84 Å². The molecule has 0 saturated heterocycles. The van der Waals surface area contributed by atoms with Gasteiger partial charge in [-0.05, 0) is 37.0 Å². The molecular weight excluding hydrogens is 199 g/mol. The lowest BCUT2D eigenvalue weighted by Gasteiger charge is -2.08. The quantitative estimate of drug-likeness (QED) is 0.829. The Hall–Kier alpha value is -1.58. The first kappa shape index (κ1) is 9.96. The second kappa shape index (κ2) is 3.88. The number of hydrogen-bond donors (Lipinski definition) is 1. The summed E-state index contributed by atoms with van der Waals surface area (Å²) in [5.41, 5.74) is -0.115. The normalized spacial score (nSPS) is 15.0. The molecule has 0 radical (unpaired) electrons. The first-order valence-electron chi connectivity index (χ1n) is 4.82. The van der Waals surface area contributed by atoms with Gasteiger partial charge in [-0.2, -0.15) is 0 Å². The Morgan fingerprint density at radius 3 is 2.87 bits per heavy atom. The van der Waals surface area contributed by atoms with Crippen molar-refractivity contribution in [2.75, 3.05) is 6.61 Å². The van der Waals surface area contributed by atoms with Crippen LogP contribution in [0.2, 0.25) is 0 Å². The van der Waals surface area contributed by atoms with Gasteiger partial charge in [-0.3, -0.25) is 0 Å². The van der Waals surface area contributed by atoms with Gasteiger partial charge in [0.1, 0.15) is 17.1 Å². The van der Waals surface area contributed by atoms with E-state index in [1.165, 1.54) is 12.1 Å². The minimum Gasteiger partial charge on any atom is -0.492 e. The molecule has 15 heavy (non-hydrogen) atoms. The topological polar surface area (TPSA) is 46.5 Å². The van der Waals surface area contributed by atoms with Crippen LogP contribution in [0.15, 0.2) is 18.2 Å². The van der Waals surface area contributed by atoms with Crippen LogP contribution < -0.4 is 4.74 Å². The molecule has 80 valence electrons. The van der Waals surface area contributed by atoms with Crippen molar-refractivity contribution >= 4 is 5.97 Å². The molecule has 0 unspecified atom stereocenters. The SMILES string of the molecule is O=C(O)c1cc(F)ccc1OCC1CC1. The van der Waals surface area contributed by atoms with Crippen molar-refractivity contribution in [2.45, 2.75) is 12.8 Å². The average Bonchev–Trinajstić information content (AvgIpc) is 2.99. The predicted molar refractivity (Wildman–Crippen MR) is 51.6 cm³/mol. The molecule has 1 fully saturated rings. The van der Waals surface area contributed by atoms with Crippen LogP contribution in [-0.4, -0.2) is 17.7 Å². The summed E-state index contributed by atoms with van der Waals surface area (Å²) < 4.78 is 18.1. The van der Waals surface area contributed by atoms with E-state index in [1.54, 1.807) is 0 Å². The van der Waals surface area contributed by atoms with Gasteiger partial charge in [-0.25, -0.2) is 9.18 Å². The molecule has 4 heteroatoms. The molecule has 1 aliphatic rings. The van der Waals surface area contributed by atoms with Gasteiger partial charge in [0.15, 0.2) is 0 Å². The molecule has 0 atom stereocenters. The summed E-state index contributed by atoms with van der Waals surface area (Å²) >= 11 is 0. The number of benzene rings is 1. The molecule has 0 heterocycles. The summed E-state index contributed by atoms with van der Waals surface area (Å²) in [5, 5.41) is 8.82. The summed E-state index contributed by atoms with van der Waals surface area (Å²) in [4.78, 5) is 10.8. The van der Waals surface area contributed by atoms with Gasteiger partial charge in [-0.15, -0.1) is 0 Å². The lowest BCUT2D eigenvalue weighted by Crippen LogP contribution is -2.05. The molecule has 0 spiro atoms. The standard InChI is InChI=1S/C11H11FO3/c12-8-3-4-10(9(5-8)11(13)14)15-6-7-1-2-7/h3-5,7H,1-2,6H2,(H,13,14). The Balaban J connectivity index is 2.15. The Kier molecular flexibility index (Phi) is 2.58. The van der Waals surface area contributed by atoms with E-state index in [-0.39, 0.29) is 11.3 Å². The van der Waals surface area contributed by atoms with Crippen LogP contribution in [0.3, 0.4) is 0 Å². The molecule has 0 aromatic heterocycles. The number of hydrogen-bond acceptors (Lipinski definition) is 2. The zero-order valence-electron chi connectivity index (χ0n) is 8.07. The van der Waals surface area contributed by atoms with Crippen LogP contribution in [0.25, 0.3) is 0 Å². The van der Waals surface area contributed by atoms with Gasteiger partial charge < -0.3 is 9.84 Å². The number of carboxylic acid groups (broad SMARTS) is 1. The van der Waals surface area contributed by atoms with E-state index in [2.05, 4.69) is 0 Å². The fourth-order valence-corrected chi connectivity index (χ4v) is 1.29. The van der Waals surface area contributed by atoms with Crippen molar-refractivity contribution in [1.29, 1.82) is 0 Å². The van der Waals surface area contributed by atoms with Crippen molar-refractivity contribution in [3.8, 4) is 5.75 Å². The molecule has 0 amide bonds. The Labute approximate surface area is 86.5 Å². The predicted octanol–water partition coefficient (Wildman–Crippen LogP) is 2.31. The zero-order valence-corrected chi connectivity index (χ0v) is 8.07. The van der Waals surface area contributed by atoms with Gasteiger partial charge in [0, 0.05) is 0 Å². The molecule has 1 N–H and O–H groups in total. The van der Waals surface area contributed by atoms with Crippen molar-refractivity contribution in [3.05, 3.63) is 29.6 Å². The Morgan fingerprint density at radius 2 is 2.27 bits per heavy atom. The third kappa shape index (κ3) is 2.46. The van der Waals surface area contributed by atoms with Crippen LogP contribution in [0.4, 0.5) is 4.39 Å². The zero-order chi connectivity index (χ0) is 10.8. The number of carboxylic acids is 1. The smallest absolute Gasteiger partial charge is 0.339 e. The highest BCUT2D eigenvalue weighted by Gasteiger charge is 2.23. The minimum absolute atomic E-state index is 0.115. The second-order valence-electron chi connectivity index (χ2n) is 3.70. The Morgan fingerprint density at radius 1 is 1.53 bits per heavy atom. The molecule has 1 aromatic rings. The average molecular weight is 210 g/mol. The van der Waals surface area contributed by atoms with E-state index in [1.807, 2.05) is 0 Å². The summed E-state index contributed by atoms with van der Waals surface area (Å²) in [7, 11) is 0. The van der Waals surface area contributed by atoms with Crippen LogP contribution in [0.5, 0.6) is 5.75 Å². The minimum atomic E-state index is -1.17. The summed E-state index contributed by atoms with van der Waals surface area (Å²) in [6, 6.07) is 3.54. The summed E-state index contributed by atoms with van der Waals surface area (Å²) in [5.74, 6) is -0.945. The second-order valence-corrected chi connectivity index (χ2v) is 3.70. The lowest BCUT2D eigenvalue weighted by atomic mass is 10.2. The van der Waals surface area contributed by atoms with E-state index in [9.17, 15) is 9.18 Å². The maximum absolute atomic E-state index is 12.8. The van der Waals surface area contributed by atoms with Gasteiger partial charge >= 0.3 is 5.97 Å². The van der Waals surface area contributed by atoms with Crippen LogP contribution in [0.1, 0.15) is 23.2 Å². The fourth-order valence-electron chi connectivity index (χ4n) is 1.29. The van der Waals surface area contributed by atoms with E-state index < -0.39 is 11.8 Å². The van der Waals surface area contributed by atoms with Gasteiger partial charge in [-0.1, -0.05) is 0 Å². The molecule has 1 saturated carbocycles. The highest BCUT2D eigenvalue weighted by molar-refractivity contribution is 5.90. The van der Waals surface area contributed by atoms with Gasteiger partial charge in [0.05, 0.1) is 6.61 Å². The summed E-state index contributed by atoms with van der Waals surface area (Å²) in [6.45, 7) is 0.520. The third-order valence-corrected chi connectivity index (χ3v) is 2.34. The fraction of sp³-hybridized carbons (Fsp3) is 0.364. The number of ether oxygens (including phenoxy) is 1. The molecule has 0 aliphatic heterocycles. The van der Waals surface area contributed by atoms with Crippen molar-refractivity contribution in [2.24, 2.45) is 5.92 Å². The van der Waals surface area contributed by atoms with E-state index in [0.717, 1.165) is 18.9 Å². The third-order valence-electron chi connectivity index (χ3n) is 2.34. The van der Waals surface area contributed by atoms with Gasteiger partial charge in [0.25, 0.3) is 0 Å². The highest BCUT2D eigenvalue weighted by atomic mass is 19.1. The van der Waals surface area contributed by atoms with Crippen molar-refractivity contribution < 1.29 is 19.0 Å².